The highest BCUT2D eigenvalue weighted by Crippen LogP contribution is 2.57. The molecule has 0 N–H and O–H groups in total. The lowest BCUT2D eigenvalue weighted by Crippen LogP contribution is -2.35. The van der Waals surface area contributed by atoms with Crippen molar-refractivity contribution >= 4 is 53.9 Å². The molecule has 2 unspecified atom stereocenters. The molecular formula is C56H54S. The first-order chi connectivity index (χ1) is 27.1. The summed E-state index contributed by atoms with van der Waals surface area (Å²) in [5.41, 5.74) is 16.8. The molecule has 0 spiro atoms. The molecule has 57 heavy (non-hydrogen) atoms. The normalized spacial score (nSPS) is 19.9. The summed E-state index contributed by atoms with van der Waals surface area (Å²) in [4.78, 5) is 0. The fourth-order valence-corrected chi connectivity index (χ4v) is 11.4. The second-order valence-electron chi connectivity index (χ2n) is 19.9. The summed E-state index contributed by atoms with van der Waals surface area (Å²) in [6.45, 7) is 21.6. The molecule has 6 aromatic carbocycles. The zero-order valence-electron chi connectivity index (χ0n) is 35.1. The number of fused-ring (bicyclic) bond motifs is 9. The topological polar surface area (TPSA) is 0 Å². The van der Waals surface area contributed by atoms with E-state index in [0.29, 0.717) is 5.92 Å². The van der Waals surface area contributed by atoms with E-state index < -0.39 is 0 Å². The highest BCUT2D eigenvalue weighted by atomic mass is 32.1. The Balaban J connectivity index is 1.24. The van der Waals surface area contributed by atoms with Crippen LogP contribution in [0.3, 0.4) is 0 Å². The minimum Gasteiger partial charge on any atom is -0.135 e. The lowest BCUT2D eigenvalue weighted by Gasteiger charge is -2.43. The molecule has 0 radical (unpaired) electrons. The van der Waals surface area contributed by atoms with Gasteiger partial charge in [-0.25, -0.2) is 0 Å². The summed E-state index contributed by atoms with van der Waals surface area (Å²) >= 11 is 1.92. The van der Waals surface area contributed by atoms with E-state index in [4.69, 9.17) is 0 Å². The van der Waals surface area contributed by atoms with Crippen LogP contribution in [-0.4, -0.2) is 0 Å². The molecule has 0 aliphatic heterocycles. The highest BCUT2D eigenvalue weighted by molar-refractivity contribution is 7.25. The van der Waals surface area contributed by atoms with Crippen molar-refractivity contribution in [1.82, 2.24) is 0 Å². The molecule has 1 heteroatoms. The second-order valence-corrected chi connectivity index (χ2v) is 21.0. The minimum atomic E-state index is -0.107. The number of benzene rings is 6. The summed E-state index contributed by atoms with van der Waals surface area (Å²) in [6, 6.07) is 39.7. The molecule has 0 amide bonds. The predicted molar refractivity (Wildman–Crippen MR) is 250 cm³/mol. The van der Waals surface area contributed by atoms with Gasteiger partial charge in [-0.15, -0.1) is 11.3 Å². The van der Waals surface area contributed by atoms with Gasteiger partial charge in [0.15, 0.2) is 0 Å². The summed E-state index contributed by atoms with van der Waals surface area (Å²) < 4.78 is 2.75. The number of thiophene rings is 1. The van der Waals surface area contributed by atoms with E-state index >= 15 is 0 Å². The average molecular weight is 759 g/mol. The Bertz CT molecular complexity index is 2890. The Morgan fingerprint density at radius 1 is 0.667 bits per heavy atom. The van der Waals surface area contributed by atoms with Gasteiger partial charge in [0.25, 0.3) is 0 Å². The van der Waals surface area contributed by atoms with Gasteiger partial charge in [-0.2, -0.15) is 0 Å². The van der Waals surface area contributed by atoms with Gasteiger partial charge in [-0.05, 0) is 131 Å². The average Bonchev–Trinajstić information content (AvgIpc) is 3.67. The smallest absolute Gasteiger partial charge is 0.0358 e. The highest BCUT2D eigenvalue weighted by Gasteiger charge is 2.41. The Morgan fingerprint density at radius 3 is 2.18 bits per heavy atom. The zero-order chi connectivity index (χ0) is 39.6. The molecule has 284 valence electrons. The van der Waals surface area contributed by atoms with Gasteiger partial charge < -0.3 is 0 Å². The van der Waals surface area contributed by atoms with E-state index in [1.165, 1.54) is 97.7 Å². The van der Waals surface area contributed by atoms with Crippen LogP contribution in [0.1, 0.15) is 114 Å². The van der Waals surface area contributed by atoms with Crippen LogP contribution in [0.4, 0.5) is 0 Å². The molecule has 3 aliphatic carbocycles. The molecule has 1 heterocycles. The molecule has 2 atom stereocenters. The number of hydrogen-bond donors (Lipinski definition) is 0. The van der Waals surface area contributed by atoms with Crippen molar-refractivity contribution in [2.45, 2.75) is 91.9 Å². The molecule has 0 saturated heterocycles. The summed E-state index contributed by atoms with van der Waals surface area (Å²) in [7, 11) is 0. The fourth-order valence-electron chi connectivity index (χ4n) is 10.3. The van der Waals surface area contributed by atoms with E-state index in [9.17, 15) is 0 Å². The lowest BCUT2D eigenvalue weighted by atomic mass is 9.61. The van der Waals surface area contributed by atoms with Crippen molar-refractivity contribution in [3.05, 3.63) is 166 Å². The maximum absolute atomic E-state index is 2.56. The Labute approximate surface area is 343 Å². The first kappa shape index (κ1) is 36.4. The third kappa shape index (κ3) is 5.52. The van der Waals surface area contributed by atoms with E-state index in [1.807, 2.05) is 11.3 Å². The molecule has 3 aliphatic rings. The SMILES string of the molecule is CC(C)(C)c1ccc2c(-c3ccc4c(c3)-c3ccc5sc6ccccc6c5c3C4(C)C)c3c(c(C4=CCC(c5ccccc5)C=C4)c2c1)C=CC(C)(C(C)(C)C)C3. The second kappa shape index (κ2) is 12.5. The molecule has 7 aromatic rings. The van der Waals surface area contributed by atoms with Gasteiger partial charge in [-0.3, -0.25) is 0 Å². The maximum Gasteiger partial charge on any atom is 0.0358 e. The van der Waals surface area contributed by atoms with Crippen molar-refractivity contribution in [3.8, 4) is 22.3 Å². The Hall–Kier alpha value is -4.98. The summed E-state index contributed by atoms with van der Waals surface area (Å²) in [5.74, 6) is 0.396. The van der Waals surface area contributed by atoms with Gasteiger partial charge in [-0.1, -0.05) is 172 Å². The number of rotatable bonds is 3. The molecule has 10 rings (SSSR count). The standard InChI is InChI=1S/C56H54S/c1-53(2,3)38-24-25-39-44(32-38)49(36-21-19-35(20-22-36)34-15-11-10-12-16-34)40-29-30-56(9,54(4,5)6)33-45(40)50(39)37-23-27-46-43(31-37)41-26-28-48-51(52(41)55(46,7)8)42-17-13-14-18-47(42)57-48/h10-19,21-32,35H,20,33H2,1-9H3. The van der Waals surface area contributed by atoms with Crippen molar-refractivity contribution in [2.24, 2.45) is 10.8 Å². The van der Waals surface area contributed by atoms with E-state index in [1.54, 1.807) is 0 Å². The van der Waals surface area contributed by atoms with Crippen molar-refractivity contribution in [2.75, 3.05) is 0 Å². The Morgan fingerprint density at radius 2 is 1.44 bits per heavy atom. The van der Waals surface area contributed by atoms with Gasteiger partial charge >= 0.3 is 0 Å². The van der Waals surface area contributed by atoms with Gasteiger partial charge in [0.2, 0.25) is 0 Å². The first-order valence-corrected chi connectivity index (χ1v) is 21.8. The number of allylic oxidation sites excluding steroid dienone is 5. The van der Waals surface area contributed by atoms with Crippen LogP contribution < -0.4 is 0 Å². The summed E-state index contributed by atoms with van der Waals surface area (Å²) in [5, 5.41) is 5.55. The number of hydrogen-bond acceptors (Lipinski definition) is 1. The maximum atomic E-state index is 2.56. The molecule has 0 nitrogen and oxygen atoms in total. The van der Waals surface area contributed by atoms with Crippen LogP contribution in [0.2, 0.25) is 0 Å². The van der Waals surface area contributed by atoms with Crippen LogP contribution in [0.15, 0.2) is 127 Å². The first-order valence-electron chi connectivity index (χ1n) is 21.0. The van der Waals surface area contributed by atoms with Crippen LogP contribution in [0.25, 0.3) is 64.8 Å². The monoisotopic (exact) mass is 758 g/mol. The van der Waals surface area contributed by atoms with E-state index in [2.05, 4.69) is 196 Å². The molecule has 1 aromatic heterocycles. The van der Waals surface area contributed by atoms with E-state index in [-0.39, 0.29) is 21.7 Å². The third-order valence-corrected chi connectivity index (χ3v) is 15.4. The predicted octanol–water partition coefficient (Wildman–Crippen LogP) is 16.2. The van der Waals surface area contributed by atoms with Crippen molar-refractivity contribution < 1.29 is 0 Å². The minimum absolute atomic E-state index is 0.00281. The molecule has 0 saturated carbocycles. The fraction of sp³-hybridized carbons (Fsp3) is 0.286. The molecule has 0 fully saturated rings. The van der Waals surface area contributed by atoms with Crippen LogP contribution in [0.5, 0.6) is 0 Å². The van der Waals surface area contributed by atoms with Crippen LogP contribution in [0, 0.1) is 10.8 Å². The molecular weight excluding hydrogens is 705 g/mol. The molecule has 0 bridgehead atoms. The van der Waals surface area contributed by atoms with Gasteiger partial charge in [0.1, 0.15) is 0 Å². The zero-order valence-corrected chi connectivity index (χ0v) is 35.9. The Kier molecular flexibility index (Phi) is 7.98. The van der Waals surface area contributed by atoms with Gasteiger partial charge in [0.05, 0.1) is 0 Å². The largest absolute Gasteiger partial charge is 0.135 e. The lowest BCUT2D eigenvalue weighted by molar-refractivity contribution is 0.167. The van der Waals surface area contributed by atoms with Crippen molar-refractivity contribution in [3.63, 3.8) is 0 Å². The van der Waals surface area contributed by atoms with Crippen LogP contribution >= 0.6 is 11.3 Å². The van der Waals surface area contributed by atoms with E-state index in [0.717, 1.165) is 12.8 Å². The third-order valence-electron chi connectivity index (χ3n) is 14.3. The van der Waals surface area contributed by atoms with Crippen LogP contribution in [-0.2, 0) is 17.3 Å². The summed E-state index contributed by atoms with van der Waals surface area (Å²) in [6.07, 6.45) is 14.4. The quantitative estimate of drug-likeness (QED) is 0.168. The van der Waals surface area contributed by atoms with Gasteiger partial charge in [0, 0.05) is 31.5 Å². The van der Waals surface area contributed by atoms with Crippen molar-refractivity contribution in [1.29, 1.82) is 0 Å².